The van der Waals surface area contributed by atoms with Crippen molar-refractivity contribution in [2.45, 2.75) is 55.9 Å². The van der Waals surface area contributed by atoms with E-state index in [4.69, 9.17) is 4.74 Å². The molecule has 1 aliphatic heterocycles. The molecular weight excluding hydrogens is 486 g/mol. The number of nitrogens with zero attached hydrogens (tertiary/aromatic N) is 2. The van der Waals surface area contributed by atoms with E-state index in [1.54, 1.807) is 31.7 Å². The molecule has 4 rings (SSSR count). The maximum absolute atomic E-state index is 12.3. The number of nitrogens with one attached hydrogen (secondary N) is 1. The number of pyridine rings is 1. The summed E-state index contributed by atoms with van der Waals surface area (Å²) in [5.41, 5.74) is 2.04. The Bertz CT molecular complexity index is 1390. The van der Waals surface area contributed by atoms with Crippen LogP contribution in [0.2, 0.25) is 0 Å². The molecule has 0 radical (unpaired) electrons. The number of hydrogen-bond acceptors (Lipinski definition) is 8. The summed E-state index contributed by atoms with van der Waals surface area (Å²) in [5, 5.41) is 11.8. The lowest BCUT2D eigenvalue weighted by Gasteiger charge is -2.16. The molecule has 3 aromatic rings. The summed E-state index contributed by atoms with van der Waals surface area (Å²) in [6.07, 6.45) is 3.78. The van der Waals surface area contributed by atoms with Crippen molar-refractivity contribution in [3.8, 4) is 11.5 Å². The molecule has 3 heterocycles. The summed E-state index contributed by atoms with van der Waals surface area (Å²) in [6.45, 7) is 6.00. The standard InChI is InChI=1S/C25H29N3O5S2/c1-15-9-19(33-18-5-6-22(26-13-18)35(4,31)32)10-16-11-21(28-23(15)16)24-27-14-20(34-24)12-17(29)7-8-25(2,3)30/h5-6,9-11,13,20,28,30H,7-8,12,14H2,1-4H3. The summed E-state index contributed by atoms with van der Waals surface area (Å²) in [5.74, 6) is 1.21. The molecule has 0 bridgehead atoms. The molecule has 1 unspecified atom stereocenters. The smallest absolute Gasteiger partial charge is 0.192 e. The number of carbonyl (C=O) groups is 1. The Morgan fingerprint density at radius 1 is 1.26 bits per heavy atom. The molecule has 2 N–H and O–H groups in total. The first-order chi connectivity index (χ1) is 16.4. The number of benzene rings is 1. The summed E-state index contributed by atoms with van der Waals surface area (Å²) in [4.78, 5) is 24.3. The van der Waals surface area contributed by atoms with Gasteiger partial charge in [-0.3, -0.25) is 9.79 Å². The summed E-state index contributed by atoms with van der Waals surface area (Å²) in [6, 6.07) is 8.83. The minimum absolute atomic E-state index is 0.00108. The average molecular weight is 516 g/mol. The molecule has 0 saturated heterocycles. The van der Waals surface area contributed by atoms with Gasteiger partial charge in [0, 0.05) is 35.3 Å². The zero-order chi connectivity index (χ0) is 25.4. The Balaban J connectivity index is 1.44. The van der Waals surface area contributed by atoms with E-state index in [9.17, 15) is 18.3 Å². The number of aromatic amines is 1. The first-order valence-electron chi connectivity index (χ1n) is 11.3. The SMILES string of the molecule is Cc1cc(Oc2ccc(S(C)(=O)=O)nc2)cc2cc(C3=NCC(CC(=O)CCC(C)(C)O)S3)[nH]c12. The quantitative estimate of drug-likeness (QED) is 0.432. The monoisotopic (exact) mass is 515 g/mol. The number of carbonyl (C=O) groups excluding carboxylic acids is 1. The maximum atomic E-state index is 12.3. The van der Waals surface area contributed by atoms with E-state index < -0.39 is 15.4 Å². The highest BCUT2D eigenvalue weighted by Crippen LogP contribution is 2.33. The van der Waals surface area contributed by atoms with E-state index in [0.29, 0.717) is 37.3 Å². The van der Waals surface area contributed by atoms with E-state index in [1.807, 2.05) is 25.1 Å². The van der Waals surface area contributed by atoms with Crippen molar-refractivity contribution in [2.75, 3.05) is 12.8 Å². The van der Waals surface area contributed by atoms with Gasteiger partial charge in [-0.2, -0.15) is 0 Å². The number of hydrogen-bond donors (Lipinski definition) is 2. The lowest BCUT2D eigenvalue weighted by Crippen LogP contribution is -2.21. The Morgan fingerprint density at radius 2 is 2.03 bits per heavy atom. The second-order valence-corrected chi connectivity index (χ2v) is 12.8. The van der Waals surface area contributed by atoms with Crippen LogP contribution in [-0.2, 0) is 14.6 Å². The van der Waals surface area contributed by atoms with E-state index in [0.717, 1.165) is 33.5 Å². The lowest BCUT2D eigenvalue weighted by atomic mass is 9.99. The number of aryl methyl sites for hydroxylation is 1. The Labute approximate surface area is 209 Å². The molecule has 0 amide bonds. The molecule has 0 aliphatic carbocycles. The van der Waals surface area contributed by atoms with Gasteiger partial charge in [-0.05, 0) is 63.1 Å². The Hall–Kier alpha value is -2.69. The molecule has 8 nitrogen and oxygen atoms in total. The minimum atomic E-state index is -3.37. The van der Waals surface area contributed by atoms with E-state index in [1.165, 1.54) is 12.3 Å². The zero-order valence-corrected chi connectivity index (χ0v) is 21.8. The summed E-state index contributed by atoms with van der Waals surface area (Å²) >= 11 is 1.60. The molecule has 0 saturated carbocycles. The number of aliphatic imine (C=N–C) groups is 1. The molecule has 35 heavy (non-hydrogen) atoms. The van der Waals surface area contributed by atoms with Crippen molar-refractivity contribution in [3.05, 3.63) is 47.8 Å². The fourth-order valence-corrected chi connectivity index (χ4v) is 5.50. The van der Waals surface area contributed by atoms with Crippen LogP contribution in [0.4, 0.5) is 0 Å². The number of sulfone groups is 1. The number of aromatic nitrogens is 2. The average Bonchev–Trinajstić information content (AvgIpc) is 3.39. The van der Waals surface area contributed by atoms with Crippen LogP contribution in [0, 0.1) is 6.92 Å². The number of fused-ring (bicyclic) bond motifs is 1. The summed E-state index contributed by atoms with van der Waals surface area (Å²) < 4.78 is 29.1. The van der Waals surface area contributed by atoms with E-state index in [-0.39, 0.29) is 16.1 Å². The number of thioether (sulfide) groups is 1. The highest BCUT2D eigenvalue weighted by molar-refractivity contribution is 8.15. The third-order valence-corrected chi connectivity index (χ3v) is 7.86. The van der Waals surface area contributed by atoms with E-state index >= 15 is 0 Å². The fraction of sp³-hybridized carbons (Fsp3) is 0.400. The zero-order valence-electron chi connectivity index (χ0n) is 20.2. The molecule has 2 aromatic heterocycles. The number of Topliss-reactive ketones (excluding diaryl/α,β-unsaturated/α-hetero) is 1. The normalized spacial score (nSPS) is 16.5. The molecule has 0 fully saturated rings. The predicted octanol–water partition coefficient (Wildman–Crippen LogP) is 4.44. The molecular formula is C25H29N3O5S2. The van der Waals surface area contributed by atoms with Crippen LogP contribution in [0.15, 0.2) is 46.5 Å². The molecule has 1 atom stereocenters. The van der Waals surface area contributed by atoms with Gasteiger partial charge in [-0.25, -0.2) is 13.4 Å². The number of H-pyrrole nitrogens is 1. The van der Waals surface area contributed by atoms with Gasteiger partial charge >= 0.3 is 0 Å². The first-order valence-corrected chi connectivity index (χ1v) is 14.1. The topological polar surface area (TPSA) is 122 Å². The van der Waals surface area contributed by atoms with Crippen LogP contribution < -0.4 is 4.74 Å². The lowest BCUT2D eigenvalue weighted by molar-refractivity contribution is -0.120. The van der Waals surface area contributed by atoms with Gasteiger partial charge < -0.3 is 14.8 Å². The van der Waals surface area contributed by atoms with Gasteiger partial charge in [0.1, 0.15) is 22.3 Å². The van der Waals surface area contributed by atoms with Crippen LogP contribution in [0.25, 0.3) is 10.9 Å². The third kappa shape index (κ3) is 6.50. The fourth-order valence-electron chi connectivity index (χ4n) is 3.82. The highest BCUT2D eigenvalue weighted by atomic mass is 32.2. The van der Waals surface area contributed by atoms with Crippen molar-refractivity contribution in [1.29, 1.82) is 0 Å². The minimum Gasteiger partial charge on any atom is -0.456 e. The van der Waals surface area contributed by atoms with Crippen LogP contribution in [0.1, 0.15) is 44.4 Å². The number of rotatable bonds is 9. The van der Waals surface area contributed by atoms with Crippen molar-refractivity contribution >= 4 is 43.3 Å². The molecule has 1 aromatic carbocycles. The molecule has 1 aliphatic rings. The number of ether oxygens (including phenoxy) is 1. The van der Waals surface area contributed by atoms with Gasteiger partial charge in [-0.1, -0.05) is 11.8 Å². The number of ketones is 1. The van der Waals surface area contributed by atoms with Gasteiger partial charge in [0.2, 0.25) is 0 Å². The second-order valence-electron chi connectivity index (χ2n) is 9.53. The predicted molar refractivity (Wildman–Crippen MR) is 138 cm³/mol. The molecule has 10 heteroatoms. The van der Waals surface area contributed by atoms with Gasteiger partial charge in [-0.15, -0.1) is 0 Å². The van der Waals surface area contributed by atoms with Gasteiger partial charge in [0.25, 0.3) is 0 Å². The van der Waals surface area contributed by atoms with Crippen LogP contribution in [0.3, 0.4) is 0 Å². The Kier molecular flexibility index (Phi) is 7.08. The van der Waals surface area contributed by atoms with E-state index in [2.05, 4.69) is 15.0 Å². The van der Waals surface area contributed by atoms with Crippen molar-refractivity contribution < 1.29 is 23.1 Å². The van der Waals surface area contributed by atoms with Crippen molar-refractivity contribution in [3.63, 3.8) is 0 Å². The van der Waals surface area contributed by atoms with Gasteiger partial charge in [0.15, 0.2) is 14.9 Å². The Morgan fingerprint density at radius 3 is 2.69 bits per heavy atom. The second kappa shape index (κ2) is 9.75. The third-order valence-electron chi connectivity index (χ3n) is 5.64. The molecule has 0 spiro atoms. The van der Waals surface area contributed by atoms with Crippen molar-refractivity contribution in [1.82, 2.24) is 9.97 Å². The largest absolute Gasteiger partial charge is 0.456 e. The van der Waals surface area contributed by atoms with Gasteiger partial charge in [0.05, 0.1) is 24.0 Å². The highest BCUT2D eigenvalue weighted by Gasteiger charge is 2.25. The van der Waals surface area contributed by atoms with Crippen molar-refractivity contribution in [2.24, 2.45) is 4.99 Å². The first kappa shape index (κ1) is 25.4. The summed E-state index contributed by atoms with van der Waals surface area (Å²) in [7, 11) is -3.37. The van der Waals surface area contributed by atoms with Crippen LogP contribution in [-0.4, -0.2) is 58.0 Å². The van der Waals surface area contributed by atoms with Crippen LogP contribution in [0.5, 0.6) is 11.5 Å². The van der Waals surface area contributed by atoms with Crippen LogP contribution >= 0.6 is 11.8 Å². The number of aliphatic hydroxyl groups is 1. The molecule has 186 valence electrons. The maximum Gasteiger partial charge on any atom is 0.192 e.